The van der Waals surface area contributed by atoms with Crippen LogP contribution in [-0.4, -0.2) is 28.4 Å². The molecule has 0 bridgehead atoms. The quantitative estimate of drug-likeness (QED) is 0.257. The van der Waals surface area contributed by atoms with E-state index in [0.717, 1.165) is 51.4 Å². The van der Waals surface area contributed by atoms with Crippen molar-refractivity contribution in [2.24, 2.45) is 0 Å². The number of carbonyl (C=O) groups is 1. The highest BCUT2D eigenvalue weighted by Gasteiger charge is 2.09. The fraction of sp³-hybridized carbons (Fsp3) is 0.720. The van der Waals surface area contributed by atoms with E-state index in [-0.39, 0.29) is 12.5 Å². The maximum absolute atomic E-state index is 10.5. The van der Waals surface area contributed by atoms with Crippen molar-refractivity contribution in [3.63, 3.8) is 0 Å². The first kappa shape index (κ1) is 25.6. The van der Waals surface area contributed by atoms with Gasteiger partial charge in [0.2, 0.25) is 0 Å². The summed E-state index contributed by atoms with van der Waals surface area (Å²) in [5.41, 5.74) is 1.24. The summed E-state index contributed by atoms with van der Waals surface area (Å²) in [6.07, 6.45) is 13.9. The summed E-state index contributed by atoms with van der Waals surface area (Å²) in [6, 6.07) is 10.4. The Morgan fingerprint density at radius 1 is 0.862 bits per heavy atom. The minimum absolute atomic E-state index is 0.230. The van der Waals surface area contributed by atoms with Crippen LogP contribution in [0, 0.1) is 0 Å². The Morgan fingerprint density at radius 3 is 2.07 bits per heavy atom. The zero-order valence-electron chi connectivity index (χ0n) is 18.4. The van der Waals surface area contributed by atoms with E-state index in [0.29, 0.717) is 19.1 Å². The van der Waals surface area contributed by atoms with Crippen molar-refractivity contribution in [3.8, 4) is 0 Å². The third-order valence-corrected chi connectivity index (χ3v) is 5.45. The van der Waals surface area contributed by atoms with E-state index in [9.17, 15) is 9.90 Å². The molecule has 0 fully saturated rings. The van der Waals surface area contributed by atoms with Gasteiger partial charge in [-0.05, 0) is 37.7 Å². The van der Waals surface area contributed by atoms with Crippen LogP contribution < -0.4 is 0 Å². The lowest BCUT2D eigenvalue weighted by atomic mass is 10.0. The highest BCUT2D eigenvalue weighted by atomic mass is 16.5. The molecule has 0 amide bonds. The Balaban J connectivity index is 2.06. The number of aliphatic hydroxyl groups is 1. The number of benzene rings is 1. The largest absolute Gasteiger partial charge is 0.481 e. The van der Waals surface area contributed by atoms with Gasteiger partial charge in [-0.25, -0.2) is 0 Å². The molecule has 0 aromatic heterocycles. The third kappa shape index (κ3) is 15.2. The van der Waals surface area contributed by atoms with E-state index >= 15 is 0 Å². The Bertz CT molecular complexity index is 503. The zero-order valence-corrected chi connectivity index (χ0v) is 18.4. The number of hydrogen-bond donors (Lipinski definition) is 2. The standard InChI is InChI=1S/C25H42O4/c1-2-3-18-24(29-21-22-14-8-6-9-15-22)19-12-5-4-10-16-23(26)17-11-7-13-20-25(27)28/h6,8-9,14-15,23-24,26H,2-5,7,10-13,16-21H2,1H3,(H,27,28). The molecule has 1 aromatic carbocycles. The molecule has 1 rings (SSSR count). The lowest BCUT2D eigenvalue weighted by Crippen LogP contribution is -2.13. The molecule has 4 heteroatoms. The minimum Gasteiger partial charge on any atom is -0.481 e. The van der Waals surface area contributed by atoms with Crippen molar-refractivity contribution in [3.05, 3.63) is 35.9 Å². The molecule has 0 aliphatic rings. The monoisotopic (exact) mass is 406 g/mol. The smallest absolute Gasteiger partial charge is 0.303 e. The number of carboxylic acids is 1. The Morgan fingerprint density at radius 2 is 1.45 bits per heavy atom. The van der Waals surface area contributed by atoms with E-state index in [1.807, 2.05) is 6.07 Å². The molecule has 0 heterocycles. The first-order valence-corrected chi connectivity index (χ1v) is 11.7. The van der Waals surface area contributed by atoms with Gasteiger partial charge in [0.15, 0.2) is 0 Å². The predicted molar refractivity (Wildman–Crippen MR) is 119 cm³/mol. The Kier molecular flexibility index (Phi) is 15.4. The Labute approximate surface area is 177 Å². The topological polar surface area (TPSA) is 66.8 Å². The van der Waals surface area contributed by atoms with Gasteiger partial charge in [-0.15, -0.1) is 0 Å². The first-order valence-electron chi connectivity index (χ1n) is 11.7. The van der Waals surface area contributed by atoms with Crippen LogP contribution in [0.4, 0.5) is 0 Å². The number of ether oxygens (including phenoxy) is 1. The van der Waals surface area contributed by atoms with Crippen LogP contribution in [0.2, 0.25) is 0 Å². The number of aliphatic carboxylic acids is 1. The summed E-state index contributed by atoms with van der Waals surface area (Å²) in [6.45, 7) is 2.93. The maximum Gasteiger partial charge on any atom is 0.303 e. The summed E-state index contributed by atoms with van der Waals surface area (Å²) in [5, 5.41) is 18.7. The molecule has 0 spiro atoms. The van der Waals surface area contributed by atoms with Crippen LogP contribution >= 0.6 is 0 Å². The number of rotatable bonds is 19. The Hall–Kier alpha value is -1.39. The molecule has 0 saturated heterocycles. The molecule has 166 valence electrons. The van der Waals surface area contributed by atoms with Gasteiger partial charge >= 0.3 is 5.97 Å². The van der Waals surface area contributed by atoms with Crippen molar-refractivity contribution < 1.29 is 19.7 Å². The summed E-state index contributed by atoms with van der Waals surface area (Å²) >= 11 is 0. The van der Waals surface area contributed by atoms with Gasteiger partial charge < -0.3 is 14.9 Å². The second-order valence-corrected chi connectivity index (χ2v) is 8.20. The summed E-state index contributed by atoms with van der Waals surface area (Å²) in [7, 11) is 0. The van der Waals surface area contributed by atoms with Crippen molar-refractivity contribution in [2.45, 2.75) is 116 Å². The van der Waals surface area contributed by atoms with Gasteiger partial charge in [-0.1, -0.05) is 88.6 Å². The molecular formula is C25H42O4. The van der Waals surface area contributed by atoms with Gasteiger partial charge in [-0.2, -0.15) is 0 Å². The second kappa shape index (κ2) is 17.5. The summed E-state index contributed by atoms with van der Waals surface area (Å²) in [4.78, 5) is 10.5. The number of aliphatic hydroxyl groups excluding tert-OH is 1. The highest BCUT2D eigenvalue weighted by Crippen LogP contribution is 2.17. The number of carboxylic acid groups (broad SMARTS) is 1. The van der Waals surface area contributed by atoms with Gasteiger partial charge in [0.05, 0.1) is 18.8 Å². The van der Waals surface area contributed by atoms with E-state index in [1.165, 1.54) is 31.2 Å². The highest BCUT2D eigenvalue weighted by molar-refractivity contribution is 5.66. The molecule has 2 atom stereocenters. The molecule has 0 aliphatic carbocycles. The van der Waals surface area contributed by atoms with Crippen molar-refractivity contribution in [1.82, 2.24) is 0 Å². The van der Waals surface area contributed by atoms with Gasteiger partial charge in [0.1, 0.15) is 0 Å². The van der Waals surface area contributed by atoms with E-state index < -0.39 is 5.97 Å². The molecular weight excluding hydrogens is 364 g/mol. The van der Waals surface area contributed by atoms with E-state index in [4.69, 9.17) is 9.84 Å². The SMILES string of the molecule is CCCCC(CCCCCCC(O)CCCCCC(=O)O)OCc1ccccc1. The molecule has 0 aliphatic heterocycles. The normalized spacial score (nSPS) is 13.3. The molecule has 1 aromatic rings. The lowest BCUT2D eigenvalue weighted by molar-refractivity contribution is -0.137. The molecule has 29 heavy (non-hydrogen) atoms. The molecule has 0 radical (unpaired) electrons. The van der Waals surface area contributed by atoms with Gasteiger partial charge in [0, 0.05) is 6.42 Å². The molecule has 0 saturated carbocycles. The number of hydrogen-bond acceptors (Lipinski definition) is 3. The van der Waals surface area contributed by atoms with Crippen LogP contribution in [-0.2, 0) is 16.1 Å². The van der Waals surface area contributed by atoms with E-state index in [1.54, 1.807) is 0 Å². The van der Waals surface area contributed by atoms with Gasteiger partial charge in [-0.3, -0.25) is 4.79 Å². The van der Waals surface area contributed by atoms with Crippen molar-refractivity contribution >= 4 is 5.97 Å². The van der Waals surface area contributed by atoms with Crippen LogP contribution in [0.1, 0.15) is 102 Å². The fourth-order valence-corrected chi connectivity index (χ4v) is 3.61. The summed E-state index contributed by atoms with van der Waals surface area (Å²) < 4.78 is 6.18. The third-order valence-electron chi connectivity index (χ3n) is 5.45. The predicted octanol–water partition coefficient (Wildman–Crippen LogP) is 6.50. The van der Waals surface area contributed by atoms with Crippen molar-refractivity contribution in [1.29, 1.82) is 0 Å². The zero-order chi connectivity index (χ0) is 21.2. The second-order valence-electron chi connectivity index (χ2n) is 8.20. The molecule has 2 unspecified atom stereocenters. The van der Waals surface area contributed by atoms with Gasteiger partial charge in [0.25, 0.3) is 0 Å². The van der Waals surface area contributed by atoms with Crippen LogP contribution in [0.15, 0.2) is 30.3 Å². The van der Waals surface area contributed by atoms with Crippen LogP contribution in [0.3, 0.4) is 0 Å². The average Bonchev–Trinajstić information content (AvgIpc) is 2.72. The van der Waals surface area contributed by atoms with Crippen LogP contribution in [0.25, 0.3) is 0 Å². The minimum atomic E-state index is -0.729. The lowest BCUT2D eigenvalue weighted by Gasteiger charge is -2.18. The van der Waals surface area contributed by atoms with Crippen LogP contribution in [0.5, 0.6) is 0 Å². The summed E-state index contributed by atoms with van der Waals surface area (Å²) in [5.74, 6) is -0.729. The first-order chi connectivity index (χ1) is 14.1. The molecule has 2 N–H and O–H groups in total. The molecule has 4 nitrogen and oxygen atoms in total. The van der Waals surface area contributed by atoms with E-state index in [2.05, 4.69) is 31.2 Å². The average molecular weight is 407 g/mol. The van der Waals surface area contributed by atoms with Crippen molar-refractivity contribution in [2.75, 3.05) is 0 Å². The fourth-order valence-electron chi connectivity index (χ4n) is 3.61. The maximum atomic E-state index is 10.5. The number of unbranched alkanes of at least 4 members (excludes halogenated alkanes) is 6.